The molecule has 0 saturated heterocycles. The first-order valence-corrected chi connectivity index (χ1v) is 4.63. The fraction of sp³-hybridized carbons (Fsp3) is 0.455. The van der Waals surface area contributed by atoms with Gasteiger partial charge in [0.15, 0.2) is 0 Å². The number of halogens is 1. The molecule has 1 fully saturated rings. The molecule has 1 nitrogen and oxygen atoms in total. The van der Waals surface area contributed by atoms with E-state index >= 15 is 0 Å². The highest BCUT2D eigenvalue weighted by atomic mass is 19.1. The van der Waals surface area contributed by atoms with E-state index < -0.39 is 0 Å². The van der Waals surface area contributed by atoms with Gasteiger partial charge in [-0.15, -0.1) is 0 Å². The van der Waals surface area contributed by atoms with Crippen LogP contribution in [-0.2, 0) is 5.54 Å². The fourth-order valence-corrected chi connectivity index (χ4v) is 1.70. The zero-order valence-electron chi connectivity index (χ0n) is 8.02. The van der Waals surface area contributed by atoms with Crippen LogP contribution in [0.5, 0.6) is 0 Å². The Morgan fingerprint density at radius 2 is 2.08 bits per heavy atom. The van der Waals surface area contributed by atoms with Gasteiger partial charge in [0, 0.05) is 5.54 Å². The molecule has 0 aromatic heterocycles. The third kappa shape index (κ3) is 1.35. The average Bonchev–Trinajstić information content (AvgIpc) is 2.90. The van der Waals surface area contributed by atoms with E-state index in [0.717, 1.165) is 24.0 Å². The van der Waals surface area contributed by atoms with E-state index in [1.807, 2.05) is 19.2 Å². The molecule has 0 unspecified atom stereocenters. The van der Waals surface area contributed by atoms with E-state index in [-0.39, 0.29) is 11.4 Å². The molecule has 1 aromatic rings. The quantitative estimate of drug-likeness (QED) is 0.734. The molecule has 70 valence electrons. The van der Waals surface area contributed by atoms with Crippen molar-refractivity contribution in [3.8, 4) is 0 Å². The Labute approximate surface area is 78.0 Å². The molecule has 2 rings (SSSR count). The normalized spacial score (nSPS) is 18.7. The second-order valence-corrected chi connectivity index (χ2v) is 3.80. The minimum atomic E-state index is -0.0981. The number of benzene rings is 1. The van der Waals surface area contributed by atoms with Crippen LogP contribution in [-0.4, -0.2) is 7.05 Å². The summed E-state index contributed by atoms with van der Waals surface area (Å²) in [5.41, 5.74) is 1.88. The summed E-state index contributed by atoms with van der Waals surface area (Å²) in [6.07, 6.45) is 2.23. The van der Waals surface area contributed by atoms with Crippen molar-refractivity contribution in [1.29, 1.82) is 0 Å². The molecule has 0 aliphatic heterocycles. The summed E-state index contributed by atoms with van der Waals surface area (Å²) in [5.74, 6) is -0.0981. The molecule has 0 amide bonds. The van der Waals surface area contributed by atoms with Gasteiger partial charge in [0.25, 0.3) is 0 Å². The van der Waals surface area contributed by atoms with Crippen molar-refractivity contribution in [2.45, 2.75) is 25.3 Å². The maximum atomic E-state index is 13.2. The summed E-state index contributed by atoms with van der Waals surface area (Å²) < 4.78 is 13.2. The lowest BCUT2D eigenvalue weighted by Gasteiger charge is -2.14. The lowest BCUT2D eigenvalue weighted by Crippen LogP contribution is -2.24. The molecular weight excluding hydrogens is 165 g/mol. The molecule has 0 radical (unpaired) electrons. The molecule has 1 saturated carbocycles. The summed E-state index contributed by atoms with van der Waals surface area (Å²) in [5, 5.41) is 3.25. The highest BCUT2D eigenvalue weighted by Gasteiger charge is 2.42. The summed E-state index contributed by atoms with van der Waals surface area (Å²) in [6, 6.07) is 5.52. The molecule has 13 heavy (non-hydrogen) atoms. The predicted molar refractivity (Wildman–Crippen MR) is 51.1 cm³/mol. The Balaban J connectivity index is 2.37. The van der Waals surface area contributed by atoms with Crippen LogP contribution >= 0.6 is 0 Å². The standard InChI is InChI=1S/C11H14FN/c1-8-3-4-9(7-10(8)12)11(13-2)5-6-11/h3-4,7,13H,5-6H2,1-2H3. The fourth-order valence-electron chi connectivity index (χ4n) is 1.70. The van der Waals surface area contributed by atoms with Crippen LogP contribution in [0.4, 0.5) is 4.39 Å². The monoisotopic (exact) mass is 179 g/mol. The molecule has 1 N–H and O–H groups in total. The number of aryl methyl sites for hydroxylation is 1. The molecule has 1 aromatic carbocycles. The average molecular weight is 179 g/mol. The molecule has 0 atom stereocenters. The predicted octanol–water partition coefficient (Wildman–Crippen LogP) is 2.34. The van der Waals surface area contributed by atoms with Crippen molar-refractivity contribution in [2.24, 2.45) is 0 Å². The van der Waals surface area contributed by atoms with E-state index in [1.165, 1.54) is 0 Å². The number of nitrogens with one attached hydrogen (secondary N) is 1. The Hall–Kier alpha value is -0.890. The van der Waals surface area contributed by atoms with Crippen molar-refractivity contribution < 1.29 is 4.39 Å². The van der Waals surface area contributed by atoms with Crippen molar-refractivity contribution in [2.75, 3.05) is 7.05 Å². The summed E-state index contributed by atoms with van der Waals surface area (Å²) in [7, 11) is 1.94. The number of rotatable bonds is 2. The molecular formula is C11H14FN. The lowest BCUT2D eigenvalue weighted by atomic mass is 10.0. The van der Waals surface area contributed by atoms with Gasteiger partial charge in [-0.25, -0.2) is 4.39 Å². The summed E-state index contributed by atoms with van der Waals surface area (Å²) in [6.45, 7) is 1.79. The largest absolute Gasteiger partial charge is 0.310 e. The first-order chi connectivity index (χ1) is 6.18. The van der Waals surface area contributed by atoms with Gasteiger partial charge in [-0.05, 0) is 44.0 Å². The summed E-state index contributed by atoms with van der Waals surface area (Å²) >= 11 is 0. The third-order valence-corrected chi connectivity index (χ3v) is 2.95. The Kier molecular flexibility index (Phi) is 1.88. The maximum Gasteiger partial charge on any atom is 0.126 e. The Morgan fingerprint density at radius 1 is 1.38 bits per heavy atom. The topological polar surface area (TPSA) is 12.0 Å². The molecule has 1 aliphatic rings. The van der Waals surface area contributed by atoms with Crippen LogP contribution in [0, 0.1) is 12.7 Å². The minimum Gasteiger partial charge on any atom is -0.310 e. The second kappa shape index (κ2) is 2.81. The van der Waals surface area contributed by atoms with Crippen LogP contribution in [0.15, 0.2) is 18.2 Å². The molecule has 0 spiro atoms. The number of hydrogen-bond acceptors (Lipinski definition) is 1. The van der Waals surface area contributed by atoms with Gasteiger partial charge in [-0.1, -0.05) is 12.1 Å². The zero-order chi connectivity index (χ0) is 9.47. The summed E-state index contributed by atoms with van der Waals surface area (Å²) in [4.78, 5) is 0. The van der Waals surface area contributed by atoms with Crippen LogP contribution in [0.1, 0.15) is 24.0 Å². The van der Waals surface area contributed by atoms with Gasteiger partial charge in [-0.3, -0.25) is 0 Å². The van der Waals surface area contributed by atoms with E-state index in [4.69, 9.17) is 0 Å². The first kappa shape index (κ1) is 8.70. The maximum absolute atomic E-state index is 13.2. The molecule has 1 aliphatic carbocycles. The van der Waals surface area contributed by atoms with Crippen molar-refractivity contribution in [1.82, 2.24) is 5.32 Å². The first-order valence-electron chi connectivity index (χ1n) is 4.63. The highest BCUT2D eigenvalue weighted by molar-refractivity contribution is 5.33. The SMILES string of the molecule is CNC1(c2ccc(C)c(F)c2)CC1. The van der Waals surface area contributed by atoms with Gasteiger partial charge in [0.2, 0.25) is 0 Å². The van der Waals surface area contributed by atoms with Crippen LogP contribution in [0.2, 0.25) is 0 Å². The van der Waals surface area contributed by atoms with Crippen molar-refractivity contribution in [3.05, 3.63) is 35.1 Å². The van der Waals surface area contributed by atoms with E-state index in [9.17, 15) is 4.39 Å². The smallest absolute Gasteiger partial charge is 0.126 e. The third-order valence-electron chi connectivity index (χ3n) is 2.95. The van der Waals surface area contributed by atoms with Gasteiger partial charge in [-0.2, -0.15) is 0 Å². The van der Waals surface area contributed by atoms with Crippen molar-refractivity contribution >= 4 is 0 Å². The van der Waals surface area contributed by atoms with Crippen molar-refractivity contribution in [3.63, 3.8) is 0 Å². The minimum absolute atomic E-state index is 0.0779. The highest BCUT2D eigenvalue weighted by Crippen LogP contribution is 2.45. The Morgan fingerprint density at radius 3 is 2.54 bits per heavy atom. The van der Waals surface area contributed by atoms with Crippen LogP contribution < -0.4 is 5.32 Å². The Bertz CT molecular complexity index is 329. The van der Waals surface area contributed by atoms with Crippen LogP contribution in [0.3, 0.4) is 0 Å². The van der Waals surface area contributed by atoms with Gasteiger partial charge in [0.05, 0.1) is 0 Å². The van der Waals surface area contributed by atoms with E-state index in [2.05, 4.69) is 5.32 Å². The van der Waals surface area contributed by atoms with Crippen LogP contribution in [0.25, 0.3) is 0 Å². The second-order valence-electron chi connectivity index (χ2n) is 3.80. The van der Waals surface area contributed by atoms with E-state index in [0.29, 0.717) is 0 Å². The number of hydrogen-bond donors (Lipinski definition) is 1. The zero-order valence-corrected chi connectivity index (χ0v) is 8.02. The lowest BCUT2D eigenvalue weighted by molar-refractivity contribution is 0.568. The molecule has 0 bridgehead atoms. The molecule has 2 heteroatoms. The van der Waals surface area contributed by atoms with Gasteiger partial charge in [0.1, 0.15) is 5.82 Å². The molecule has 0 heterocycles. The van der Waals surface area contributed by atoms with E-state index in [1.54, 1.807) is 13.0 Å². The van der Waals surface area contributed by atoms with Gasteiger partial charge < -0.3 is 5.32 Å². The van der Waals surface area contributed by atoms with Gasteiger partial charge >= 0.3 is 0 Å².